The number of hydrogen-bond donors (Lipinski definition) is 1. The van der Waals surface area contributed by atoms with E-state index in [1.807, 2.05) is 30.3 Å². The molecule has 0 radical (unpaired) electrons. The SMILES string of the molecule is CC1(C)C(CNCC(=O)c2ccccc2)[C@H]1C=O. The molecule has 0 aromatic heterocycles. The van der Waals surface area contributed by atoms with Crippen molar-refractivity contribution in [3.63, 3.8) is 0 Å². The molecule has 1 aliphatic rings. The smallest absolute Gasteiger partial charge is 0.176 e. The highest BCUT2D eigenvalue weighted by atomic mass is 16.1. The molecule has 3 heteroatoms. The summed E-state index contributed by atoms with van der Waals surface area (Å²) in [6.07, 6.45) is 1.03. The quantitative estimate of drug-likeness (QED) is 0.615. The van der Waals surface area contributed by atoms with E-state index in [1.165, 1.54) is 0 Å². The molecule has 0 spiro atoms. The van der Waals surface area contributed by atoms with Gasteiger partial charge in [0, 0.05) is 11.5 Å². The fourth-order valence-corrected chi connectivity index (χ4v) is 2.51. The number of benzene rings is 1. The third-order valence-corrected chi connectivity index (χ3v) is 4.03. The van der Waals surface area contributed by atoms with Crippen LogP contribution in [-0.2, 0) is 4.79 Å². The van der Waals surface area contributed by atoms with Crippen LogP contribution in [0.1, 0.15) is 24.2 Å². The molecule has 0 saturated heterocycles. The molecule has 1 aromatic carbocycles. The molecule has 2 rings (SSSR count). The van der Waals surface area contributed by atoms with E-state index < -0.39 is 0 Å². The van der Waals surface area contributed by atoms with Crippen molar-refractivity contribution in [2.24, 2.45) is 17.3 Å². The second-order valence-electron chi connectivity index (χ2n) is 5.51. The van der Waals surface area contributed by atoms with Crippen LogP contribution < -0.4 is 5.32 Å². The third kappa shape index (κ3) is 2.51. The number of carbonyl (C=O) groups is 2. The number of aldehydes is 1. The second kappa shape index (κ2) is 5.02. The lowest BCUT2D eigenvalue weighted by atomic mass is 10.1. The first-order valence-electron chi connectivity index (χ1n) is 6.31. The van der Waals surface area contributed by atoms with Crippen LogP contribution in [0, 0.1) is 17.3 Å². The summed E-state index contributed by atoms with van der Waals surface area (Å²) in [6.45, 7) is 5.26. The normalized spacial score (nSPS) is 24.6. The van der Waals surface area contributed by atoms with Crippen LogP contribution in [0.4, 0.5) is 0 Å². The highest BCUT2D eigenvalue weighted by Gasteiger charge is 2.56. The second-order valence-corrected chi connectivity index (χ2v) is 5.51. The van der Waals surface area contributed by atoms with Gasteiger partial charge in [-0.15, -0.1) is 0 Å². The zero-order valence-electron chi connectivity index (χ0n) is 10.8. The molecule has 1 N–H and O–H groups in total. The summed E-state index contributed by atoms with van der Waals surface area (Å²) in [5, 5.41) is 3.16. The summed E-state index contributed by atoms with van der Waals surface area (Å²) >= 11 is 0. The standard InChI is InChI=1S/C15H19NO2/c1-15(2)12(13(15)10-17)8-16-9-14(18)11-6-4-3-5-7-11/h3-7,10,12-13,16H,8-9H2,1-2H3/t12?,13-/m1/s1. The molecule has 1 aromatic rings. The lowest BCUT2D eigenvalue weighted by Crippen LogP contribution is -2.26. The van der Waals surface area contributed by atoms with Gasteiger partial charge in [0.15, 0.2) is 5.78 Å². The van der Waals surface area contributed by atoms with Gasteiger partial charge in [0.05, 0.1) is 6.54 Å². The van der Waals surface area contributed by atoms with E-state index >= 15 is 0 Å². The molecule has 96 valence electrons. The number of nitrogens with one attached hydrogen (secondary N) is 1. The van der Waals surface area contributed by atoms with Crippen LogP contribution in [0.25, 0.3) is 0 Å². The van der Waals surface area contributed by atoms with Crippen molar-refractivity contribution >= 4 is 12.1 Å². The average molecular weight is 245 g/mol. The number of carbonyl (C=O) groups excluding carboxylic acids is 2. The van der Waals surface area contributed by atoms with Crippen LogP contribution in [0.2, 0.25) is 0 Å². The van der Waals surface area contributed by atoms with E-state index in [0.29, 0.717) is 12.5 Å². The van der Waals surface area contributed by atoms with Crippen LogP contribution in [0.3, 0.4) is 0 Å². The summed E-state index contributed by atoms with van der Waals surface area (Å²) in [5.41, 5.74) is 0.817. The lowest BCUT2D eigenvalue weighted by molar-refractivity contribution is -0.109. The van der Waals surface area contributed by atoms with Gasteiger partial charge in [0.25, 0.3) is 0 Å². The van der Waals surface area contributed by atoms with Gasteiger partial charge in [-0.3, -0.25) is 4.79 Å². The maximum absolute atomic E-state index is 11.8. The first kappa shape index (κ1) is 13.0. The van der Waals surface area contributed by atoms with E-state index in [0.717, 1.165) is 18.4 Å². The fourth-order valence-electron chi connectivity index (χ4n) is 2.51. The van der Waals surface area contributed by atoms with Gasteiger partial charge in [0.2, 0.25) is 0 Å². The Morgan fingerprint density at radius 2 is 2.00 bits per heavy atom. The molecular weight excluding hydrogens is 226 g/mol. The van der Waals surface area contributed by atoms with E-state index in [1.54, 1.807) is 0 Å². The maximum Gasteiger partial charge on any atom is 0.176 e. The molecule has 1 unspecified atom stereocenters. The van der Waals surface area contributed by atoms with Crippen LogP contribution in [0.15, 0.2) is 30.3 Å². The number of hydrogen-bond acceptors (Lipinski definition) is 3. The third-order valence-electron chi connectivity index (χ3n) is 4.03. The highest BCUT2D eigenvalue weighted by Crippen LogP contribution is 2.56. The minimum atomic E-state index is 0.0878. The molecule has 0 bridgehead atoms. The Kier molecular flexibility index (Phi) is 3.62. The highest BCUT2D eigenvalue weighted by molar-refractivity contribution is 5.97. The molecule has 2 atom stereocenters. The largest absolute Gasteiger partial charge is 0.309 e. The topological polar surface area (TPSA) is 46.2 Å². The summed E-state index contributed by atoms with van der Waals surface area (Å²) in [5.74, 6) is 0.590. The predicted octanol–water partition coefficient (Wildman–Crippen LogP) is 1.93. The predicted molar refractivity (Wildman–Crippen MR) is 70.5 cm³/mol. The number of ketones is 1. The Bertz CT molecular complexity index is 439. The first-order valence-corrected chi connectivity index (χ1v) is 6.31. The number of Topliss-reactive ketones (excluding diaryl/α,β-unsaturated/α-hetero) is 1. The van der Waals surface area contributed by atoms with Crippen LogP contribution >= 0.6 is 0 Å². The number of rotatable bonds is 6. The summed E-state index contributed by atoms with van der Waals surface area (Å²) in [7, 11) is 0. The Morgan fingerprint density at radius 3 is 2.56 bits per heavy atom. The van der Waals surface area contributed by atoms with Crippen molar-refractivity contribution in [1.82, 2.24) is 5.32 Å². The monoisotopic (exact) mass is 245 g/mol. The van der Waals surface area contributed by atoms with Gasteiger partial charge in [0.1, 0.15) is 6.29 Å². The fraction of sp³-hybridized carbons (Fsp3) is 0.467. The Morgan fingerprint density at radius 1 is 1.33 bits per heavy atom. The Labute approximate surface area is 108 Å². The van der Waals surface area contributed by atoms with Gasteiger partial charge < -0.3 is 10.1 Å². The van der Waals surface area contributed by atoms with Gasteiger partial charge in [-0.1, -0.05) is 44.2 Å². The molecule has 0 heterocycles. The van der Waals surface area contributed by atoms with E-state index in [9.17, 15) is 9.59 Å². The molecular formula is C15H19NO2. The molecule has 18 heavy (non-hydrogen) atoms. The van der Waals surface area contributed by atoms with Gasteiger partial charge in [-0.2, -0.15) is 0 Å². The first-order chi connectivity index (χ1) is 8.57. The lowest BCUT2D eigenvalue weighted by Gasteiger charge is -2.05. The zero-order chi connectivity index (χ0) is 13.2. The van der Waals surface area contributed by atoms with E-state index in [-0.39, 0.29) is 17.1 Å². The molecule has 1 aliphatic carbocycles. The van der Waals surface area contributed by atoms with E-state index in [4.69, 9.17) is 0 Å². The summed E-state index contributed by atoms with van der Waals surface area (Å²) < 4.78 is 0. The van der Waals surface area contributed by atoms with Crippen molar-refractivity contribution in [1.29, 1.82) is 0 Å². The average Bonchev–Trinajstić information content (AvgIpc) is 2.91. The van der Waals surface area contributed by atoms with Crippen molar-refractivity contribution < 1.29 is 9.59 Å². The molecule has 3 nitrogen and oxygen atoms in total. The van der Waals surface area contributed by atoms with Crippen molar-refractivity contribution in [2.75, 3.05) is 13.1 Å². The van der Waals surface area contributed by atoms with Crippen LogP contribution in [0.5, 0.6) is 0 Å². The zero-order valence-corrected chi connectivity index (χ0v) is 10.8. The molecule has 1 saturated carbocycles. The summed E-state index contributed by atoms with van der Waals surface area (Å²) in [6, 6.07) is 9.25. The van der Waals surface area contributed by atoms with Crippen molar-refractivity contribution in [3.8, 4) is 0 Å². The maximum atomic E-state index is 11.8. The van der Waals surface area contributed by atoms with E-state index in [2.05, 4.69) is 19.2 Å². The van der Waals surface area contributed by atoms with Gasteiger partial charge >= 0.3 is 0 Å². The molecule has 0 amide bonds. The molecule has 0 aliphatic heterocycles. The minimum Gasteiger partial charge on any atom is -0.309 e. The van der Waals surface area contributed by atoms with Gasteiger partial charge in [-0.25, -0.2) is 0 Å². The van der Waals surface area contributed by atoms with Crippen molar-refractivity contribution in [2.45, 2.75) is 13.8 Å². The molecule has 1 fully saturated rings. The summed E-state index contributed by atoms with van der Waals surface area (Å²) in [4.78, 5) is 22.6. The minimum absolute atomic E-state index is 0.0878. The van der Waals surface area contributed by atoms with Crippen LogP contribution in [-0.4, -0.2) is 25.2 Å². The Hall–Kier alpha value is -1.48. The van der Waals surface area contributed by atoms with Gasteiger partial charge in [-0.05, 0) is 17.9 Å². The Balaban J connectivity index is 1.77. The van der Waals surface area contributed by atoms with Crippen molar-refractivity contribution in [3.05, 3.63) is 35.9 Å².